The molecule has 0 spiro atoms. The van der Waals surface area contributed by atoms with Crippen molar-refractivity contribution in [3.05, 3.63) is 41.6 Å². The molecule has 22 heavy (non-hydrogen) atoms. The maximum Gasteiger partial charge on any atom is 0.350 e. The highest BCUT2D eigenvalue weighted by Crippen LogP contribution is 2.11. The van der Waals surface area contributed by atoms with Gasteiger partial charge in [0, 0.05) is 6.20 Å². The number of esters is 1. The summed E-state index contributed by atoms with van der Waals surface area (Å²) in [4.78, 5) is 22.8. The van der Waals surface area contributed by atoms with E-state index >= 15 is 0 Å². The first-order valence-electron chi connectivity index (χ1n) is 6.58. The first-order chi connectivity index (χ1) is 10.6. The van der Waals surface area contributed by atoms with Gasteiger partial charge >= 0.3 is 5.97 Å². The van der Waals surface area contributed by atoms with Crippen LogP contribution in [0.1, 0.15) is 12.5 Å². The minimum Gasteiger partial charge on any atom is -0.484 e. The van der Waals surface area contributed by atoms with E-state index in [4.69, 9.17) is 10.00 Å². The first-order valence-corrected chi connectivity index (χ1v) is 6.58. The molecular formula is C15H17N3O4. The Bertz CT molecular complexity index is 605. The molecule has 1 aromatic carbocycles. The van der Waals surface area contributed by atoms with Gasteiger partial charge in [0.2, 0.25) is 0 Å². The van der Waals surface area contributed by atoms with Crippen LogP contribution in [0.3, 0.4) is 0 Å². The van der Waals surface area contributed by atoms with Gasteiger partial charge in [-0.05, 0) is 31.5 Å². The van der Waals surface area contributed by atoms with E-state index in [9.17, 15) is 9.59 Å². The van der Waals surface area contributed by atoms with Crippen LogP contribution in [0.25, 0.3) is 0 Å². The third-order valence-electron chi connectivity index (χ3n) is 2.40. The van der Waals surface area contributed by atoms with Gasteiger partial charge in [-0.1, -0.05) is 12.1 Å². The zero-order valence-corrected chi connectivity index (χ0v) is 12.4. The number of nitriles is 1. The highest BCUT2D eigenvalue weighted by molar-refractivity contribution is 5.92. The van der Waals surface area contributed by atoms with E-state index in [1.165, 1.54) is 0 Å². The summed E-state index contributed by atoms with van der Waals surface area (Å²) >= 11 is 0. The lowest BCUT2D eigenvalue weighted by atomic mass is 10.2. The number of amides is 1. The Morgan fingerprint density at radius 3 is 2.82 bits per heavy atom. The largest absolute Gasteiger partial charge is 0.484 e. The lowest BCUT2D eigenvalue weighted by molar-refractivity contribution is -0.138. The van der Waals surface area contributed by atoms with Crippen LogP contribution in [0.5, 0.6) is 5.75 Å². The summed E-state index contributed by atoms with van der Waals surface area (Å²) in [5.41, 5.74) is 5.41. The van der Waals surface area contributed by atoms with Crippen LogP contribution in [-0.2, 0) is 14.3 Å². The van der Waals surface area contributed by atoms with Gasteiger partial charge in [-0.2, -0.15) is 5.26 Å². The van der Waals surface area contributed by atoms with Crippen molar-refractivity contribution in [2.75, 3.05) is 13.2 Å². The smallest absolute Gasteiger partial charge is 0.350 e. The molecule has 7 heteroatoms. The Morgan fingerprint density at radius 2 is 2.18 bits per heavy atom. The van der Waals surface area contributed by atoms with Gasteiger partial charge < -0.3 is 14.9 Å². The number of hydrogen-bond acceptors (Lipinski definition) is 6. The highest BCUT2D eigenvalue weighted by Gasteiger charge is 2.09. The summed E-state index contributed by atoms with van der Waals surface area (Å²) < 4.78 is 9.95. The number of carbonyl (C=O) groups is 2. The zero-order valence-electron chi connectivity index (χ0n) is 12.4. The van der Waals surface area contributed by atoms with Gasteiger partial charge in [-0.15, -0.1) is 0 Å². The van der Waals surface area contributed by atoms with E-state index in [0.29, 0.717) is 5.75 Å². The number of ether oxygens (including phenoxy) is 2. The average Bonchev–Trinajstić information content (AvgIpc) is 2.50. The predicted octanol–water partition coefficient (Wildman–Crippen LogP) is 0.965. The van der Waals surface area contributed by atoms with E-state index in [2.05, 4.69) is 15.6 Å². The van der Waals surface area contributed by atoms with Crippen LogP contribution in [0.15, 0.2) is 36.0 Å². The summed E-state index contributed by atoms with van der Waals surface area (Å²) in [5.74, 6) is -0.642. The van der Waals surface area contributed by atoms with Crippen molar-refractivity contribution in [1.29, 1.82) is 5.26 Å². The van der Waals surface area contributed by atoms with Gasteiger partial charge in [-0.3, -0.25) is 10.2 Å². The molecule has 0 unspecified atom stereocenters. The topological polar surface area (TPSA) is 100 Å². The molecule has 0 atom stereocenters. The quantitative estimate of drug-likeness (QED) is 0.337. The van der Waals surface area contributed by atoms with E-state index < -0.39 is 11.9 Å². The summed E-state index contributed by atoms with van der Waals surface area (Å²) in [6.07, 6.45) is 1.06. The molecule has 0 aliphatic rings. The molecule has 0 aliphatic carbocycles. The predicted molar refractivity (Wildman–Crippen MR) is 78.3 cm³/mol. The van der Waals surface area contributed by atoms with Crippen LogP contribution >= 0.6 is 0 Å². The number of hydrazine groups is 1. The third kappa shape index (κ3) is 5.96. The molecule has 7 nitrogen and oxygen atoms in total. The molecule has 116 valence electrons. The van der Waals surface area contributed by atoms with Crippen molar-refractivity contribution < 1.29 is 19.1 Å². The average molecular weight is 303 g/mol. The van der Waals surface area contributed by atoms with Gasteiger partial charge in [0.05, 0.1) is 6.61 Å². The summed E-state index contributed by atoms with van der Waals surface area (Å²) in [6, 6.07) is 8.94. The number of aryl methyl sites for hydroxylation is 1. The van der Waals surface area contributed by atoms with Crippen LogP contribution in [0.2, 0.25) is 0 Å². The molecule has 0 aliphatic heterocycles. The number of nitrogens with zero attached hydrogens (tertiary/aromatic N) is 1. The van der Waals surface area contributed by atoms with Gasteiger partial charge in [0.1, 0.15) is 11.8 Å². The Kier molecular flexibility index (Phi) is 6.99. The molecule has 0 saturated heterocycles. The highest BCUT2D eigenvalue weighted by atomic mass is 16.5. The Morgan fingerprint density at radius 1 is 1.41 bits per heavy atom. The number of benzene rings is 1. The Hall–Kier alpha value is -3.01. The molecule has 1 rings (SSSR count). The van der Waals surface area contributed by atoms with Crippen LogP contribution in [-0.4, -0.2) is 25.1 Å². The van der Waals surface area contributed by atoms with E-state index in [1.807, 2.05) is 19.1 Å². The van der Waals surface area contributed by atoms with Gasteiger partial charge in [-0.25, -0.2) is 4.79 Å². The van der Waals surface area contributed by atoms with Crippen LogP contribution < -0.4 is 15.6 Å². The standard InChI is InChI=1S/C15H17N3O4/c1-3-21-15(20)12(8-16)9-17-18-14(19)10-22-13-6-4-5-11(2)7-13/h4-7,9,17H,3,10H2,1-2H3,(H,18,19)/b12-9+. The molecule has 0 fully saturated rings. The fourth-order valence-corrected chi connectivity index (χ4v) is 1.42. The molecule has 0 radical (unpaired) electrons. The van der Waals surface area contributed by atoms with Crippen molar-refractivity contribution in [1.82, 2.24) is 10.9 Å². The molecule has 0 aromatic heterocycles. The molecule has 0 heterocycles. The second kappa shape index (κ2) is 9.02. The maximum atomic E-state index is 11.5. The monoisotopic (exact) mass is 303 g/mol. The van der Waals surface area contributed by atoms with Crippen molar-refractivity contribution >= 4 is 11.9 Å². The molecular weight excluding hydrogens is 286 g/mol. The fraction of sp³-hybridized carbons (Fsp3) is 0.267. The Balaban J connectivity index is 2.39. The maximum absolute atomic E-state index is 11.5. The normalized spacial score (nSPS) is 10.3. The van der Waals surface area contributed by atoms with Crippen LogP contribution in [0.4, 0.5) is 0 Å². The number of hydrogen-bond donors (Lipinski definition) is 2. The van der Waals surface area contributed by atoms with E-state index in [0.717, 1.165) is 11.8 Å². The summed E-state index contributed by atoms with van der Waals surface area (Å²) in [6.45, 7) is 3.50. The number of rotatable bonds is 7. The van der Waals surface area contributed by atoms with E-state index in [-0.39, 0.29) is 18.8 Å². The van der Waals surface area contributed by atoms with Crippen molar-refractivity contribution in [2.45, 2.75) is 13.8 Å². The van der Waals surface area contributed by atoms with Crippen molar-refractivity contribution in [3.63, 3.8) is 0 Å². The van der Waals surface area contributed by atoms with E-state index in [1.54, 1.807) is 25.1 Å². The van der Waals surface area contributed by atoms with Gasteiger partial charge in [0.15, 0.2) is 12.2 Å². The first kappa shape index (κ1) is 17.0. The number of nitrogens with one attached hydrogen (secondary N) is 2. The van der Waals surface area contributed by atoms with Crippen LogP contribution in [0, 0.1) is 18.3 Å². The molecule has 2 N–H and O–H groups in total. The minimum atomic E-state index is -0.761. The third-order valence-corrected chi connectivity index (χ3v) is 2.40. The molecule has 0 saturated carbocycles. The lowest BCUT2D eigenvalue weighted by Gasteiger charge is -2.08. The molecule has 0 bridgehead atoms. The molecule has 1 aromatic rings. The minimum absolute atomic E-state index is 0.161. The second-order valence-corrected chi connectivity index (χ2v) is 4.19. The fourth-order valence-electron chi connectivity index (χ4n) is 1.42. The van der Waals surface area contributed by atoms with Gasteiger partial charge in [0.25, 0.3) is 5.91 Å². The van der Waals surface area contributed by atoms with Crippen molar-refractivity contribution in [2.24, 2.45) is 0 Å². The second-order valence-electron chi connectivity index (χ2n) is 4.19. The SMILES string of the molecule is CCOC(=O)/C(C#N)=C/NNC(=O)COc1cccc(C)c1. The summed E-state index contributed by atoms with van der Waals surface area (Å²) in [7, 11) is 0. The van der Waals surface area contributed by atoms with Crippen molar-refractivity contribution in [3.8, 4) is 11.8 Å². The molecule has 1 amide bonds. The number of carbonyl (C=O) groups excluding carboxylic acids is 2. The summed E-state index contributed by atoms with van der Waals surface area (Å²) in [5, 5.41) is 8.77. The Labute approximate surface area is 128 Å². The zero-order chi connectivity index (χ0) is 16.4. The lowest BCUT2D eigenvalue weighted by Crippen LogP contribution is -2.37.